The molecule has 0 aliphatic rings. The SMILES string of the molecule is C=CC(=O)OC(C)CC(C)(CC(C)OC(=O)C=C)C(=O)O. The predicted octanol–water partition coefficient (Wildman–Crippen LogP) is 2.09. The third-order valence-electron chi connectivity index (χ3n) is 2.96. The summed E-state index contributed by atoms with van der Waals surface area (Å²) >= 11 is 0. The minimum atomic E-state index is -1.19. The van der Waals surface area contributed by atoms with Crippen molar-refractivity contribution in [1.82, 2.24) is 0 Å². The normalized spacial score (nSPS) is 16.0. The monoisotopic (exact) mass is 298 g/mol. The third-order valence-corrected chi connectivity index (χ3v) is 2.96. The second kappa shape index (κ2) is 8.24. The van der Waals surface area contributed by atoms with E-state index in [1.807, 2.05) is 0 Å². The number of carboxylic acids is 1. The molecule has 2 unspecified atom stereocenters. The fourth-order valence-electron chi connectivity index (χ4n) is 2.10. The summed E-state index contributed by atoms with van der Waals surface area (Å²) in [6.45, 7) is 11.3. The molecule has 0 aliphatic heterocycles. The third kappa shape index (κ3) is 6.74. The molecule has 6 heteroatoms. The quantitative estimate of drug-likeness (QED) is 0.518. The molecule has 0 heterocycles. The average Bonchev–Trinajstić information content (AvgIpc) is 2.37. The highest BCUT2D eigenvalue weighted by molar-refractivity contribution is 5.82. The van der Waals surface area contributed by atoms with E-state index in [2.05, 4.69) is 13.2 Å². The van der Waals surface area contributed by atoms with Crippen molar-refractivity contribution in [1.29, 1.82) is 0 Å². The summed E-state index contributed by atoms with van der Waals surface area (Å²) in [5.41, 5.74) is -1.19. The summed E-state index contributed by atoms with van der Waals surface area (Å²) in [6, 6.07) is 0. The van der Waals surface area contributed by atoms with Crippen LogP contribution in [0.3, 0.4) is 0 Å². The highest BCUT2D eigenvalue weighted by atomic mass is 16.5. The molecule has 0 aromatic heterocycles. The maximum atomic E-state index is 11.5. The van der Waals surface area contributed by atoms with E-state index in [4.69, 9.17) is 9.47 Å². The van der Waals surface area contributed by atoms with Crippen LogP contribution in [0.1, 0.15) is 33.6 Å². The summed E-state index contributed by atoms with van der Waals surface area (Å²) in [4.78, 5) is 33.7. The Morgan fingerprint density at radius 1 is 1.05 bits per heavy atom. The Kier molecular flexibility index (Phi) is 7.41. The second-order valence-electron chi connectivity index (χ2n) is 5.18. The zero-order chi connectivity index (χ0) is 16.6. The first-order chi connectivity index (χ1) is 9.64. The van der Waals surface area contributed by atoms with Crippen molar-refractivity contribution in [3.63, 3.8) is 0 Å². The molecule has 21 heavy (non-hydrogen) atoms. The van der Waals surface area contributed by atoms with Gasteiger partial charge in [-0.3, -0.25) is 4.79 Å². The standard InChI is InChI=1S/C15H22O6/c1-6-12(16)20-10(3)8-15(5,14(18)19)9-11(4)21-13(17)7-2/h6-7,10-11H,1-2,8-9H2,3-5H3,(H,18,19). The lowest BCUT2D eigenvalue weighted by molar-refractivity contribution is -0.158. The Morgan fingerprint density at radius 3 is 1.62 bits per heavy atom. The largest absolute Gasteiger partial charge is 0.481 e. The number of hydrogen-bond acceptors (Lipinski definition) is 5. The van der Waals surface area contributed by atoms with Crippen LogP contribution in [0.5, 0.6) is 0 Å². The van der Waals surface area contributed by atoms with Gasteiger partial charge < -0.3 is 14.6 Å². The van der Waals surface area contributed by atoms with Crippen LogP contribution in [0.4, 0.5) is 0 Å². The molecule has 0 bridgehead atoms. The van der Waals surface area contributed by atoms with Gasteiger partial charge in [-0.2, -0.15) is 0 Å². The van der Waals surface area contributed by atoms with Gasteiger partial charge in [0.1, 0.15) is 12.2 Å². The number of rotatable bonds is 9. The summed E-state index contributed by atoms with van der Waals surface area (Å²) in [7, 11) is 0. The Hall–Kier alpha value is -2.11. The van der Waals surface area contributed by atoms with Gasteiger partial charge in [0.25, 0.3) is 0 Å². The molecule has 0 saturated heterocycles. The van der Waals surface area contributed by atoms with Crippen LogP contribution < -0.4 is 0 Å². The first-order valence-corrected chi connectivity index (χ1v) is 6.54. The minimum absolute atomic E-state index is 0.0951. The van der Waals surface area contributed by atoms with Crippen LogP contribution in [-0.2, 0) is 23.9 Å². The molecule has 0 fully saturated rings. The highest BCUT2D eigenvalue weighted by Crippen LogP contribution is 2.31. The molecular weight excluding hydrogens is 276 g/mol. The number of esters is 2. The topological polar surface area (TPSA) is 89.9 Å². The lowest BCUT2D eigenvalue weighted by Gasteiger charge is -2.29. The van der Waals surface area contributed by atoms with Gasteiger partial charge in [-0.15, -0.1) is 0 Å². The Labute approximate surface area is 124 Å². The zero-order valence-corrected chi connectivity index (χ0v) is 12.6. The van der Waals surface area contributed by atoms with Crippen LogP contribution in [0.15, 0.2) is 25.3 Å². The molecule has 0 aromatic carbocycles. The second-order valence-corrected chi connectivity index (χ2v) is 5.18. The van der Waals surface area contributed by atoms with Crippen molar-refractivity contribution >= 4 is 17.9 Å². The van der Waals surface area contributed by atoms with Gasteiger partial charge >= 0.3 is 17.9 Å². The number of ether oxygens (including phenoxy) is 2. The van der Waals surface area contributed by atoms with Gasteiger partial charge in [0.05, 0.1) is 5.41 Å². The lowest BCUT2D eigenvalue weighted by Crippen LogP contribution is -2.36. The summed E-state index contributed by atoms with van der Waals surface area (Å²) < 4.78 is 9.97. The van der Waals surface area contributed by atoms with Crippen LogP contribution >= 0.6 is 0 Å². The van der Waals surface area contributed by atoms with Gasteiger partial charge in [0, 0.05) is 25.0 Å². The predicted molar refractivity (Wildman–Crippen MR) is 76.5 cm³/mol. The zero-order valence-electron chi connectivity index (χ0n) is 12.6. The molecule has 0 saturated carbocycles. The number of carboxylic acid groups (broad SMARTS) is 1. The summed E-state index contributed by atoms with van der Waals surface area (Å²) in [5.74, 6) is -2.27. The Bertz CT molecular complexity index is 396. The van der Waals surface area contributed by atoms with Crippen molar-refractivity contribution in [2.24, 2.45) is 5.41 Å². The average molecular weight is 298 g/mol. The fourth-order valence-corrected chi connectivity index (χ4v) is 2.10. The highest BCUT2D eigenvalue weighted by Gasteiger charge is 2.38. The summed E-state index contributed by atoms with van der Waals surface area (Å²) in [6.07, 6.45) is 1.03. The fraction of sp³-hybridized carbons (Fsp3) is 0.533. The van der Waals surface area contributed by atoms with Crippen molar-refractivity contribution in [3.8, 4) is 0 Å². The molecule has 118 valence electrons. The summed E-state index contributed by atoms with van der Waals surface area (Å²) in [5, 5.41) is 9.39. The van der Waals surface area contributed by atoms with Crippen molar-refractivity contribution in [2.45, 2.75) is 45.8 Å². The molecule has 0 radical (unpaired) electrons. The number of carbonyl (C=O) groups excluding carboxylic acids is 2. The molecule has 1 N–H and O–H groups in total. The molecule has 0 aliphatic carbocycles. The van der Waals surface area contributed by atoms with Gasteiger partial charge in [0.15, 0.2) is 0 Å². The first kappa shape index (κ1) is 18.9. The van der Waals surface area contributed by atoms with Gasteiger partial charge in [-0.1, -0.05) is 13.2 Å². The lowest BCUT2D eigenvalue weighted by atomic mass is 9.80. The van der Waals surface area contributed by atoms with Crippen LogP contribution in [-0.4, -0.2) is 35.2 Å². The Morgan fingerprint density at radius 2 is 1.38 bits per heavy atom. The molecular formula is C15H22O6. The van der Waals surface area contributed by atoms with Crippen molar-refractivity contribution < 1.29 is 29.0 Å². The first-order valence-electron chi connectivity index (χ1n) is 6.54. The maximum Gasteiger partial charge on any atom is 0.330 e. The van der Waals surface area contributed by atoms with E-state index in [-0.39, 0.29) is 12.8 Å². The number of aliphatic carboxylic acids is 1. The van der Waals surface area contributed by atoms with E-state index >= 15 is 0 Å². The van der Waals surface area contributed by atoms with Gasteiger partial charge in [-0.05, 0) is 20.8 Å². The van der Waals surface area contributed by atoms with Gasteiger partial charge in [-0.25, -0.2) is 9.59 Å². The molecule has 0 aromatic rings. The number of hydrogen-bond donors (Lipinski definition) is 1. The minimum Gasteiger partial charge on any atom is -0.481 e. The molecule has 0 spiro atoms. The Balaban J connectivity index is 4.79. The van der Waals surface area contributed by atoms with Crippen molar-refractivity contribution in [3.05, 3.63) is 25.3 Å². The van der Waals surface area contributed by atoms with Crippen molar-refractivity contribution in [2.75, 3.05) is 0 Å². The van der Waals surface area contributed by atoms with E-state index in [0.717, 1.165) is 12.2 Å². The molecule has 0 rings (SSSR count). The molecule has 6 nitrogen and oxygen atoms in total. The van der Waals surface area contributed by atoms with Crippen LogP contribution in [0, 0.1) is 5.41 Å². The van der Waals surface area contributed by atoms with E-state index in [1.165, 1.54) is 6.92 Å². The van der Waals surface area contributed by atoms with Crippen LogP contribution in [0.2, 0.25) is 0 Å². The maximum absolute atomic E-state index is 11.5. The van der Waals surface area contributed by atoms with E-state index in [0.29, 0.717) is 0 Å². The van der Waals surface area contributed by atoms with E-state index < -0.39 is 35.5 Å². The van der Waals surface area contributed by atoms with Crippen LogP contribution in [0.25, 0.3) is 0 Å². The van der Waals surface area contributed by atoms with Gasteiger partial charge in [0.2, 0.25) is 0 Å². The van der Waals surface area contributed by atoms with E-state index in [9.17, 15) is 19.5 Å². The van der Waals surface area contributed by atoms with E-state index in [1.54, 1.807) is 13.8 Å². The molecule has 2 atom stereocenters. The number of carbonyl (C=O) groups is 3. The molecule has 0 amide bonds. The smallest absolute Gasteiger partial charge is 0.330 e.